The lowest BCUT2D eigenvalue weighted by Gasteiger charge is -2.12. The molecule has 0 amide bonds. The van der Waals surface area contributed by atoms with E-state index in [1.165, 1.54) is 50.3 Å². The van der Waals surface area contributed by atoms with Crippen molar-refractivity contribution in [3.8, 4) is 22.6 Å². The summed E-state index contributed by atoms with van der Waals surface area (Å²) >= 11 is 0. The van der Waals surface area contributed by atoms with E-state index >= 15 is 0 Å². The minimum Gasteiger partial charge on any atom is -0.494 e. The van der Waals surface area contributed by atoms with Gasteiger partial charge in [0.1, 0.15) is 11.5 Å². The summed E-state index contributed by atoms with van der Waals surface area (Å²) in [7, 11) is 0. The minimum absolute atomic E-state index is 0.0206. The SMILES string of the molecule is C=CCCCCCCCCOc1ccc(-c2ccc(C(=O)Oc3ccc(C(=O)OCCCCC=C)c(C(=O)OCCCCC=C)c3)cc2)cc1. The van der Waals surface area contributed by atoms with Crippen LogP contribution in [-0.2, 0) is 9.47 Å². The summed E-state index contributed by atoms with van der Waals surface area (Å²) in [4.78, 5) is 39.0. The van der Waals surface area contributed by atoms with Crippen LogP contribution in [0.15, 0.2) is 105 Å². The summed E-state index contributed by atoms with van der Waals surface area (Å²) < 4.78 is 22.4. The molecule has 0 aliphatic heterocycles. The predicted molar refractivity (Wildman–Crippen MR) is 200 cm³/mol. The maximum atomic E-state index is 13.1. The Labute approximate surface area is 298 Å². The number of carbonyl (C=O) groups is 3. The zero-order valence-electron chi connectivity index (χ0n) is 29.4. The highest BCUT2D eigenvalue weighted by Gasteiger charge is 2.22. The lowest BCUT2D eigenvalue weighted by molar-refractivity contribution is 0.0450. The topological polar surface area (TPSA) is 88.1 Å². The predicted octanol–water partition coefficient (Wildman–Crippen LogP) is 10.9. The first-order valence-corrected chi connectivity index (χ1v) is 17.8. The van der Waals surface area contributed by atoms with Crippen LogP contribution in [0.2, 0.25) is 0 Å². The Balaban J connectivity index is 1.57. The van der Waals surface area contributed by atoms with Crippen molar-refractivity contribution < 1.29 is 33.3 Å². The lowest BCUT2D eigenvalue weighted by atomic mass is 10.0. The van der Waals surface area contributed by atoms with E-state index in [4.69, 9.17) is 18.9 Å². The zero-order chi connectivity index (χ0) is 35.8. The number of hydrogen-bond acceptors (Lipinski definition) is 7. The first kappa shape index (κ1) is 39.5. The molecule has 0 radical (unpaired) electrons. The monoisotopic (exact) mass is 680 g/mol. The number of rotatable bonds is 25. The fourth-order valence-corrected chi connectivity index (χ4v) is 5.20. The van der Waals surface area contributed by atoms with E-state index in [-0.39, 0.29) is 30.1 Å². The van der Waals surface area contributed by atoms with Gasteiger partial charge in [-0.25, -0.2) is 14.4 Å². The van der Waals surface area contributed by atoms with E-state index in [9.17, 15) is 14.4 Å². The van der Waals surface area contributed by atoms with Crippen molar-refractivity contribution in [1.29, 1.82) is 0 Å². The van der Waals surface area contributed by atoms with Crippen molar-refractivity contribution in [1.82, 2.24) is 0 Å². The summed E-state index contributed by atoms with van der Waals surface area (Å²) in [5.41, 5.74) is 2.30. The van der Waals surface area contributed by atoms with E-state index in [2.05, 4.69) is 19.7 Å². The van der Waals surface area contributed by atoms with Crippen molar-refractivity contribution in [2.45, 2.75) is 83.5 Å². The Morgan fingerprint density at radius 1 is 0.480 bits per heavy atom. The third-order valence-electron chi connectivity index (χ3n) is 8.09. The highest BCUT2D eigenvalue weighted by atomic mass is 16.5. The molecule has 3 aromatic carbocycles. The number of esters is 3. The van der Waals surface area contributed by atoms with Crippen molar-refractivity contribution in [2.24, 2.45) is 0 Å². The van der Waals surface area contributed by atoms with E-state index in [1.54, 1.807) is 18.2 Å². The Bertz CT molecular complexity index is 1510. The first-order chi connectivity index (χ1) is 24.5. The van der Waals surface area contributed by atoms with Gasteiger partial charge in [-0.05, 0) is 111 Å². The molecule has 0 saturated carbocycles. The van der Waals surface area contributed by atoms with Gasteiger partial charge in [-0.2, -0.15) is 0 Å². The van der Waals surface area contributed by atoms with Gasteiger partial charge < -0.3 is 18.9 Å². The molecular formula is C43H52O7. The molecule has 0 aliphatic carbocycles. The second kappa shape index (κ2) is 23.4. The fraction of sp³-hybridized carbons (Fsp3) is 0.372. The molecule has 0 spiro atoms. The van der Waals surface area contributed by atoms with Gasteiger partial charge in [0.05, 0.1) is 36.5 Å². The average molecular weight is 681 g/mol. The second-order valence-electron chi connectivity index (χ2n) is 12.1. The Morgan fingerprint density at radius 3 is 1.52 bits per heavy atom. The summed E-state index contributed by atoms with van der Waals surface area (Å²) in [6.45, 7) is 12.3. The molecule has 266 valence electrons. The molecule has 7 nitrogen and oxygen atoms in total. The standard InChI is InChI=1S/C43H52O7/c1-4-7-10-13-14-15-16-19-30-47-37-26-24-35(25-27-37)34-20-22-36(23-21-34)41(44)50-38-28-29-39(42(45)48-31-17-11-8-5-2)40(33-38)43(46)49-32-18-12-9-6-3/h4-6,20-29,33H,1-3,7-19,30-32H2. The van der Waals surface area contributed by atoms with Crippen molar-refractivity contribution >= 4 is 17.9 Å². The zero-order valence-corrected chi connectivity index (χ0v) is 29.4. The smallest absolute Gasteiger partial charge is 0.343 e. The van der Waals surface area contributed by atoms with E-state index in [0.29, 0.717) is 25.0 Å². The second-order valence-corrected chi connectivity index (χ2v) is 12.1. The average Bonchev–Trinajstić information content (AvgIpc) is 3.14. The van der Waals surface area contributed by atoms with E-state index in [1.807, 2.05) is 48.6 Å². The summed E-state index contributed by atoms with van der Waals surface area (Å²) in [6.07, 6.45) is 18.5. The molecule has 0 N–H and O–H groups in total. The number of ether oxygens (including phenoxy) is 4. The van der Waals surface area contributed by atoms with Gasteiger partial charge in [0.2, 0.25) is 0 Å². The molecule has 50 heavy (non-hydrogen) atoms. The van der Waals surface area contributed by atoms with Gasteiger partial charge in [0.25, 0.3) is 0 Å². The normalized spacial score (nSPS) is 10.6. The van der Waals surface area contributed by atoms with Gasteiger partial charge in [-0.1, -0.05) is 68.2 Å². The maximum Gasteiger partial charge on any atom is 0.343 e. The van der Waals surface area contributed by atoms with Gasteiger partial charge >= 0.3 is 17.9 Å². The van der Waals surface area contributed by atoms with Crippen molar-refractivity contribution in [2.75, 3.05) is 19.8 Å². The number of carbonyl (C=O) groups excluding carboxylic acids is 3. The van der Waals surface area contributed by atoms with Crippen LogP contribution >= 0.6 is 0 Å². The lowest BCUT2D eigenvalue weighted by Crippen LogP contribution is -2.16. The number of unbranched alkanes of at least 4 members (excludes halogenated alkanes) is 10. The van der Waals surface area contributed by atoms with Gasteiger partial charge in [-0.15, -0.1) is 19.7 Å². The molecule has 0 heterocycles. The molecule has 0 bridgehead atoms. The van der Waals surface area contributed by atoms with Crippen LogP contribution < -0.4 is 9.47 Å². The van der Waals surface area contributed by atoms with Crippen LogP contribution in [0.1, 0.15) is 115 Å². The Hall–Kier alpha value is -4.91. The quantitative estimate of drug-likeness (QED) is 0.0381. The van der Waals surface area contributed by atoms with Crippen LogP contribution in [-0.4, -0.2) is 37.7 Å². The van der Waals surface area contributed by atoms with E-state index < -0.39 is 17.9 Å². The third kappa shape index (κ3) is 14.3. The molecule has 3 aromatic rings. The van der Waals surface area contributed by atoms with E-state index in [0.717, 1.165) is 55.4 Å². The van der Waals surface area contributed by atoms with Crippen LogP contribution in [0.3, 0.4) is 0 Å². The number of allylic oxidation sites excluding steroid dienone is 3. The minimum atomic E-state index is -0.689. The van der Waals surface area contributed by atoms with Gasteiger partial charge in [0, 0.05) is 0 Å². The molecule has 0 unspecified atom stereocenters. The van der Waals surface area contributed by atoms with Gasteiger partial charge in [-0.3, -0.25) is 0 Å². The largest absolute Gasteiger partial charge is 0.494 e. The molecule has 0 atom stereocenters. The Morgan fingerprint density at radius 2 is 0.940 bits per heavy atom. The highest BCUT2D eigenvalue weighted by molar-refractivity contribution is 6.03. The van der Waals surface area contributed by atoms with Gasteiger partial charge in [0.15, 0.2) is 0 Å². The summed E-state index contributed by atoms with van der Waals surface area (Å²) in [5, 5.41) is 0. The molecular weight excluding hydrogens is 628 g/mol. The van der Waals surface area contributed by atoms with Crippen LogP contribution in [0, 0.1) is 0 Å². The molecule has 0 aromatic heterocycles. The molecule has 0 fully saturated rings. The third-order valence-corrected chi connectivity index (χ3v) is 8.09. The molecule has 3 rings (SSSR count). The van der Waals surface area contributed by atoms with Crippen molar-refractivity contribution in [3.05, 3.63) is 121 Å². The summed E-state index contributed by atoms with van der Waals surface area (Å²) in [6, 6.07) is 19.2. The molecule has 7 heteroatoms. The molecule has 0 aliphatic rings. The van der Waals surface area contributed by atoms with Crippen LogP contribution in [0.25, 0.3) is 11.1 Å². The number of hydrogen-bond donors (Lipinski definition) is 0. The molecule has 0 saturated heterocycles. The van der Waals surface area contributed by atoms with Crippen molar-refractivity contribution in [3.63, 3.8) is 0 Å². The Kier molecular flexibility index (Phi) is 18.5. The first-order valence-electron chi connectivity index (χ1n) is 17.8. The summed E-state index contributed by atoms with van der Waals surface area (Å²) in [5.74, 6) is -0.987. The van der Waals surface area contributed by atoms with Crippen LogP contribution in [0.5, 0.6) is 11.5 Å². The number of benzene rings is 3. The maximum absolute atomic E-state index is 13.1. The highest BCUT2D eigenvalue weighted by Crippen LogP contribution is 2.25. The van der Waals surface area contributed by atoms with Crippen LogP contribution in [0.4, 0.5) is 0 Å². The fourth-order valence-electron chi connectivity index (χ4n) is 5.20.